The minimum Gasteiger partial charge on any atom is -0.382 e. The molecular formula is C19H26F6N2O2. The Bertz CT molecular complexity index is 650. The second kappa shape index (κ2) is 9.61. The number of hydrogen-bond acceptors (Lipinski definition) is 4. The molecule has 3 atom stereocenters. The number of nitrogens with zero attached hydrogens (tertiary/aromatic N) is 2. The Kier molecular flexibility index (Phi) is 7.92. The number of aliphatic hydroxyl groups is 1. The van der Waals surface area contributed by atoms with Crippen molar-refractivity contribution < 1.29 is 36.2 Å². The van der Waals surface area contributed by atoms with Gasteiger partial charge in [-0.15, -0.1) is 0 Å². The number of alkyl halides is 6. The van der Waals surface area contributed by atoms with Gasteiger partial charge in [0.15, 0.2) is 6.10 Å². The van der Waals surface area contributed by atoms with Crippen LogP contribution in [0.2, 0.25) is 0 Å². The standard InChI is InChI=1S/C19H26F6N2O2/c1-12(2)29-15-7-4-6-14(9-15)27(11-17(28)19(23,24)25)10-13-5-3-8-16(26-13)18(20,21)22/h3,5,8,12,14-15,17,28H,4,6-7,9-11H2,1-2H3. The highest BCUT2D eigenvalue weighted by atomic mass is 19.4. The molecule has 0 spiro atoms. The molecular weight excluding hydrogens is 402 g/mol. The summed E-state index contributed by atoms with van der Waals surface area (Å²) in [5.74, 6) is 0. The van der Waals surface area contributed by atoms with Gasteiger partial charge in [0.1, 0.15) is 5.69 Å². The molecule has 1 heterocycles. The average molecular weight is 428 g/mol. The van der Waals surface area contributed by atoms with Gasteiger partial charge in [0.2, 0.25) is 0 Å². The molecule has 4 nitrogen and oxygen atoms in total. The number of aromatic nitrogens is 1. The van der Waals surface area contributed by atoms with Gasteiger partial charge in [0, 0.05) is 19.1 Å². The van der Waals surface area contributed by atoms with Crippen LogP contribution in [0.3, 0.4) is 0 Å². The van der Waals surface area contributed by atoms with Crippen LogP contribution in [0.1, 0.15) is 50.9 Å². The Labute approximate surface area is 165 Å². The Balaban J connectivity index is 2.21. The van der Waals surface area contributed by atoms with Gasteiger partial charge in [0.25, 0.3) is 0 Å². The van der Waals surface area contributed by atoms with Crippen LogP contribution in [0.5, 0.6) is 0 Å². The fraction of sp³-hybridized carbons (Fsp3) is 0.737. The van der Waals surface area contributed by atoms with Gasteiger partial charge in [-0.1, -0.05) is 6.07 Å². The lowest BCUT2D eigenvalue weighted by atomic mass is 9.91. The van der Waals surface area contributed by atoms with E-state index in [4.69, 9.17) is 4.74 Å². The minimum absolute atomic E-state index is 0.00102. The summed E-state index contributed by atoms with van der Waals surface area (Å²) in [4.78, 5) is 4.93. The largest absolute Gasteiger partial charge is 0.433 e. The molecule has 0 aromatic carbocycles. The van der Waals surface area contributed by atoms with E-state index >= 15 is 0 Å². The molecule has 10 heteroatoms. The zero-order chi connectivity index (χ0) is 21.8. The quantitative estimate of drug-likeness (QED) is 0.647. The third-order valence-corrected chi connectivity index (χ3v) is 4.83. The van der Waals surface area contributed by atoms with Crippen LogP contribution in [0.25, 0.3) is 0 Å². The lowest BCUT2D eigenvalue weighted by Gasteiger charge is -2.39. The summed E-state index contributed by atoms with van der Waals surface area (Å²) < 4.78 is 83.3. The number of rotatable bonds is 7. The highest BCUT2D eigenvalue weighted by Gasteiger charge is 2.41. The molecule has 3 unspecified atom stereocenters. The van der Waals surface area contributed by atoms with E-state index in [0.717, 1.165) is 18.9 Å². The zero-order valence-electron chi connectivity index (χ0n) is 16.3. The van der Waals surface area contributed by atoms with Crippen molar-refractivity contribution >= 4 is 0 Å². The maximum atomic E-state index is 12.9. The van der Waals surface area contributed by atoms with Crippen LogP contribution in [0.15, 0.2) is 18.2 Å². The molecule has 1 saturated carbocycles. The maximum Gasteiger partial charge on any atom is 0.433 e. The number of halogens is 6. The van der Waals surface area contributed by atoms with Crippen LogP contribution in [-0.4, -0.2) is 52.1 Å². The third kappa shape index (κ3) is 7.42. The maximum absolute atomic E-state index is 12.9. The smallest absolute Gasteiger partial charge is 0.382 e. The topological polar surface area (TPSA) is 45.6 Å². The SMILES string of the molecule is CC(C)OC1CCCC(N(Cc2cccc(C(F)(F)F)n2)CC(O)C(F)(F)F)C1. The lowest BCUT2D eigenvalue weighted by Crippen LogP contribution is -2.47. The molecule has 1 aromatic rings. The normalized spacial score (nSPS) is 22.3. The first-order chi connectivity index (χ1) is 13.4. The first-order valence-electron chi connectivity index (χ1n) is 9.53. The molecule has 1 aliphatic rings. The molecule has 0 bridgehead atoms. The zero-order valence-corrected chi connectivity index (χ0v) is 16.3. The molecule has 1 aromatic heterocycles. The van der Waals surface area contributed by atoms with Gasteiger partial charge in [-0.25, -0.2) is 4.98 Å². The van der Waals surface area contributed by atoms with Gasteiger partial charge in [-0.2, -0.15) is 26.3 Å². The molecule has 1 N–H and O–H groups in total. The van der Waals surface area contributed by atoms with Crippen molar-refractivity contribution in [1.82, 2.24) is 9.88 Å². The summed E-state index contributed by atoms with van der Waals surface area (Å²) in [6.07, 6.45) is -9.74. The van der Waals surface area contributed by atoms with Gasteiger partial charge in [-0.05, 0) is 51.7 Å². The van der Waals surface area contributed by atoms with E-state index in [1.165, 1.54) is 17.0 Å². The lowest BCUT2D eigenvalue weighted by molar-refractivity contribution is -0.210. The molecule has 2 rings (SSSR count). The second-order valence-electron chi connectivity index (χ2n) is 7.63. The molecule has 0 amide bonds. The summed E-state index contributed by atoms with van der Waals surface area (Å²) in [7, 11) is 0. The number of hydrogen-bond donors (Lipinski definition) is 1. The van der Waals surface area contributed by atoms with Crippen LogP contribution < -0.4 is 0 Å². The summed E-state index contributed by atoms with van der Waals surface area (Å²) in [6.45, 7) is 2.76. The molecule has 0 saturated heterocycles. The van der Waals surface area contributed by atoms with Crippen molar-refractivity contribution in [3.63, 3.8) is 0 Å². The third-order valence-electron chi connectivity index (χ3n) is 4.83. The Hall–Kier alpha value is -1.39. The summed E-state index contributed by atoms with van der Waals surface area (Å²) >= 11 is 0. The first-order valence-corrected chi connectivity index (χ1v) is 9.53. The Morgan fingerprint density at radius 1 is 1.17 bits per heavy atom. The van der Waals surface area contributed by atoms with Crippen molar-refractivity contribution in [2.45, 2.75) is 82.8 Å². The van der Waals surface area contributed by atoms with E-state index in [-0.39, 0.29) is 30.5 Å². The number of aliphatic hydroxyl groups excluding tert-OH is 1. The highest BCUT2D eigenvalue weighted by molar-refractivity contribution is 5.14. The fourth-order valence-corrected chi connectivity index (χ4v) is 3.56. The number of ether oxygens (including phenoxy) is 1. The van der Waals surface area contributed by atoms with Crippen molar-refractivity contribution in [1.29, 1.82) is 0 Å². The minimum atomic E-state index is -4.82. The molecule has 29 heavy (non-hydrogen) atoms. The summed E-state index contributed by atoms with van der Waals surface area (Å²) in [5, 5.41) is 9.56. The second-order valence-corrected chi connectivity index (χ2v) is 7.63. The molecule has 166 valence electrons. The average Bonchev–Trinajstić information content (AvgIpc) is 2.59. The van der Waals surface area contributed by atoms with Gasteiger partial charge in [0.05, 0.1) is 17.9 Å². The van der Waals surface area contributed by atoms with E-state index in [9.17, 15) is 31.4 Å². The number of pyridine rings is 1. The van der Waals surface area contributed by atoms with E-state index in [1.54, 1.807) is 0 Å². The first kappa shape index (κ1) is 23.9. The fourth-order valence-electron chi connectivity index (χ4n) is 3.56. The van der Waals surface area contributed by atoms with Gasteiger partial charge < -0.3 is 9.84 Å². The van der Waals surface area contributed by atoms with Crippen LogP contribution >= 0.6 is 0 Å². The summed E-state index contributed by atoms with van der Waals surface area (Å²) in [6, 6.07) is 2.97. The molecule has 1 aliphatic carbocycles. The van der Waals surface area contributed by atoms with Gasteiger partial charge in [-0.3, -0.25) is 4.90 Å². The molecule has 0 aliphatic heterocycles. The predicted molar refractivity (Wildman–Crippen MR) is 94.0 cm³/mol. The monoisotopic (exact) mass is 428 g/mol. The van der Waals surface area contributed by atoms with E-state index in [0.29, 0.717) is 12.8 Å². The van der Waals surface area contributed by atoms with Crippen molar-refractivity contribution in [2.24, 2.45) is 0 Å². The van der Waals surface area contributed by atoms with Gasteiger partial charge >= 0.3 is 12.4 Å². The van der Waals surface area contributed by atoms with Crippen LogP contribution in [-0.2, 0) is 17.5 Å². The Morgan fingerprint density at radius 2 is 1.86 bits per heavy atom. The van der Waals surface area contributed by atoms with Crippen molar-refractivity contribution in [3.8, 4) is 0 Å². The van der Waals surface area contributed by atoms with Crippen LogP contribution in [0, 0.1) is 0 Å². The summed E-state index contributed by atoms with van der Waals surface area (Å²) in [5.41, 5.74) is -1.10. The van der Waals surface area contributed by atoms with E-state index in [2.05, 4.69) is 4.98 Å². The molecule has 0 radical (unpaired) electrons. The molecule has 1 fully saturated rings. The van der Waals surface area contributed by atoms with Crippen molar-refractivity contribution in [2.75, 3.05) is 6.54 Å². The predicted octanol–water partition coefficient (Wildman–Crippen LogP) is 4.56. The Morgan fingerprint density at radius 3 is 2.45 bits per heavy atom. The van der Waals surface area contributed by atoms with Crippen molar-refractivity contribution in [3.05, 3.63) is 29.6 Å². The highest BCUT2D eigenvalue weighted by Crippen LogP contribution is 2.31. The van der Waals surface area contributed by atoms with E-state index in [1.807, 2.05) is 13.8 Å². The van der Waals surface area contributed by atoms with E-state index < -0.39 is 30.7 Å². The van der Waals surface area contributed by atoms with Crippen LogP contribution in [0.4, 0.5) is 26.3 Å².